The van der Waals surface area contributed by atoms with Gasteiger partial charge in [0.15, 0.2) is 0 Å². The summed E-state index contributed by atoms with van der Waals surface area (Å²) in [7, 11) is 2.69. The third kappa shape index (κ3) is 7.32. The molecule has 1 aliphatic rings. The van der Waals surface area contributed by atoms with Crippen LogP contribution < -0.4 is 0 Å². The normalized spacial score (nSPS) is 17.4. The van der Waals surface area contributed by atoms with Gasteiger partial charge in [0.1, 0.15) is 0 Å². The van der Waals surface area contributed by atoms with Crippen LogP contribution in [-0.2, 0) is 19.1 Å². The Morgan fingerprint density at radius 3 is 2.10 bits per heavy atom. The van der Waals surface area contributed by atoms with Crippen LogP contribution in [0.2, 0.25) is 0 Å². The van der Waals surface area contributed by atoms with E-state index in [4.69, 9.17) is 9.47 Å². The van der Waals surface area contributed by atoms with Crippen molar-refractivity contribution < 1.29 is 24.2 Å². The number of methoxy groups -OCH3 is 2. The summed E-state index contributed by atoms with van der Waals surface area (Å²) in [6.45, 7) is 9.70. The predicted octanol–water partition coefficient (Wildman–Crippen LogP) is 4.96. The van der Waals surface area contributed by atoms with E-state index < -0.39 is 5.60 Å². The van der Waals surface area contributed by atoms with Crippen molar-refractivity contribution in [3.63, 3.8) is 0 Å². The summed E-state index contributed by atoms with van der Waals surface area (Å²) in [5, 5.41) is 10.7. The molecule has 0 radical (unpaired) electrons. The second-order valence-corrected chi connectivity index (χ2v) is 8.23. The molecule has 29 heavy (non-hydrogen) atoms. The number of aliphatic hydroxyl groups is 1. The number of rotatable bonds is 11. The summed E-state index contributed by atoms with van der Waals surface area (Å²) < 4.78 is 10.2. The van der Waals surface area contributed by atoms with Crippen LogP contribution in [0.25, 0.3) is 0 Å². The number of ether oxygens (including phenoxy) is 2. The van der Waals surface area contributed by atoms with Crippen LogP contribution in [-0.4, -0.2) is 36.5 Å². The fourth-order valence-electron chi connectivity index (χ4n) is 3.33. The highest BCUT2D eigenvalue weighted by atomic mass is 16.5. The van der Waals surface area contributed by atoms with Gasteiger partial charge < -0.3 is 14.6 Å². The fraction of sp³-hybridized carbons (Fsp3) is 0.583. The number of hydrogen-bond acceptors (Lipinski definition) is 5. The summed E-state index contributed by atoms with van der Waals surface area (Å²) in [6, 6.07) is 0. The number of allylic oxidation sites excluding steroid dienone is 6. The van der Waals surface area contributed by atoms with Crippen LogP contribution in [0.15, 0.2) is 46.0 Å². The molecule has 1 aliphatic carbocycles. The molecular weight excluding hydrogens is 368 g/mol. The average Bonchev–Trinajstić information content (AvgIpc) is 2.63. The van der Waals surface area contributed by atoms with E-state index in [1.165, 1.54) is 25.4 Å². The summed E-state index contributed by atoms with van der Waals surface area (Å²) in [5.74, 6) is -0.798. The van der Waals surface area contributed by atoms with Crippen molar-refractivity contribution in [2.24, 2.45) is 0 Å². The van der Waals surface area contributed by atoms with Crippen molar-refractivity contribution in [2.45, 2.75) is 78.7 Å². The zero-order valence-corrected chi connectivity index (χ0v) is 19.0. The van der Waals surface area contributed by atoms with Gasteiger partial charge in [0.05, 0.1) is 19.8 Å². The molecular formula is C24H36O5. The van der Waals surface area contributed by atoms with Gasteiger partial charge in [-0.25, -0.2) is 0 Å². The third-order valence-corrected chi connectivity index (χ3v) is 5.27. The third-order valence-electron chi connectivity index (χ3n) is 5.27. The molecule has 162 valence electrons. The molecule has 0 saturated heterocycles. The highest BCUT2D eigenvalue weighted by Crippen LogP contribution is 2.31. The number of carbonyl (C=O) groups excluding carboxylic acids is 2. The predicted molar refractivity (Wildman–Crippen MR) is 115 cm³/mol. The van der Waals surface area contributed by atoms with E-state index in [1.54, 1.807) is 13.8 Å². The number of carbonyl (C=O) groups is 2. The smallest absolute Gasteiger partial charge is 0.228 e. The van der Waals surface area contributed by atoms with Crippen molar-refractivity contribution in [3.8, 4) is 0 Å². The van der Waals surface area contributed by atoms with Crippen molar-refractivity contribution in [2.75, 3.05) is 14.2 Å². The Morgan fingerprint density at radius 2 is 1.55 bits per heavy atom. The number of ketones is 2. The van der Waals surface area contributed by atoms with Gasteiger partial charge in [-0.15, -0.1) is 0 Å². The molecule has 1 rings (SSSR count). The molecule has 5 heteroatoms. The quantitative estimate of drug-likeness (QED) is 0.389. The first kappa shape index (κ1) is 24.9. The first-order chi connectivity index (χ1) is 13.5. The van der Waals surface area contributed by atoms with Crippen LogP contribution in [0.1, 0.15) is 73.1 Å². The van der Waals surface area contributed by atoms with Crippen LogP contribution in [0.4, 0.5) is 0 Å². The summed E-state index contributed by atoms with van der Waals surface area (Å²) in [6.07, 6.45) is 8.52. The van der Waals surface area contributed by atoms with Gasteiger partial charge in [0, 0.05) is 11.1 Å². The Hall–Kier alpha value is -2.14. The van der Waals surface area contributed by atoms with E-state index in [0.717, 1.165) is 19.3 Å². The van der Waals surface area contributed by atoms with Crippen molar-refractivity contribution in [1.29, 1.82) is 0 Å². The Kier molecular flexibility index (Phi) is 9.57. The van der Waals surface area contributed by atoms with E-state index in [0.29, 0.717) is 30.4 Å². The van der Waals surface area contributed by atoms with E-state index in [2.05, 4.69) is 32.9 Å². The lowest BCUT2D eigenvalue weighted by Crippen LogP contribution is -2.28. The standard InChI is InChI=1S/C24H36O5/c1-16(2)10-8-11-17(3)12-9-14-24(5,27)15-13-19-18(4)20(25)22(28-6)23(29-7)21(19)26/h10,12,27H,8-9,11,13-15H2,1-7H3/b17-12+. The van der Waals surface area contributed by atoms with Crippen LogP contribution in [0.5, 0.6) is 0 Å². The second kappa shape index (κ2) is 11.1. The maximum Gasteiger partial charge on any atom is 0.228 e. The molecule has 1 N–H and O–H groups in total. The van der Waals surface area contributed by atoms with Crippen LogP contribution in [0.3, 0.4) is 0 Å². The molecule has 5 nitrogen and oxygen atoms in total. The Morgan fingerprint density at radius 1 is 0.966 bits per heavy atom. The zero-order chi connectivity index (χ0) is 22.2. The van der Waals surface area contributed by atoms with Gasteiger partial charge in [-0.05, 0) is 73.1 Å². The van der Waals surface area contributed by atoms with E-state index in [9.17, 15) is 14.7 Å². The first-order valence-corrected chi connectivity index (χ1v) is 10.2. The Balaban J connectivity index is 2.69. The van der Waals surface area contributed by atoms with E-state index in [-0.39, 0.29) is 23.1 Å². The highest BCUT2D eigenvalue weighted by molar-refractivity contribution is 6.23. The van der Waals surface area contributed by atoms with Crippen LogP contribution >= 0.6 is 0 Å². The van der Waals surface area contributed by atoms with E-state index in [1.807, 2.05) is 0 Å². The molecule has 0 fully saturated rings. The fourth-order valence-corrected chi connectivity index (χ4v) is 3.33. The number of hydrogen-bond donors (Lipinski definition) is 1. The molecule has 0 aromatic rings. The average molecular weight is 405 g/mol. The lowest BCUT2D eigenvalue weighted by molar-refractivity contribution is -0.121. The molecule has 1 unspecified atom stereocenters. The molecule has 0 aromatic carbocycles. The minimum atomic E-state index is -0.925. The molecule has 0 heterocycles. The van der Waals surface area contributed by atoms with Crippen molar-refractivity contribution >= 4 is 11.6 Å². The lowest BCUT2D eigenvalue weighted by atomic mass is 9.85. The monoisotopic (exact) mass is 404 g/mol. The Bertz CT molecular complexity index is 743. The number of Topliss-reactive ketones (excluding diaryl/α,β-unsaturated/α-hetero) is 2. The molecule has 0 aliphatic heterocycles. The maximum atomic E-state index is 12.7. The molecule has 0 saturated carbocycles. The summed E-state index contributed by atoms with van der Waals surface area (Å²) >= 11 is 0. The largest absolute Gasteiger partial charge is 0.489 e. The first-order valence-electron chi connectivity index (χ1n) is 10.2. The van der Waals surface area contributed by atoms with Crippen molar-refractivity contribution in [3.05, 3.63) is 46.0 Å². The minimum Gasteiger partial charge on any atom is -0.489 e. The summed E-state index contributed by atoms with van der Waals surface area (Å²) in [5.41, 5.74) is 2.46. The molecule has 0 bridgehead atoms. The molecule has 0 amide bonds. The Labute approximate surface area is 175 Å². The molecule has 0 spiro atoms. The van der Waals surface area contributed by atoms with Gasteiger partial charge in [0.2, 0.25) is 23.1 Å². The van der Waals surface area contributed by atoms with Crippen LogP contribution in [0, 0.1) is 0 Å². The SMILES string of the molecule is COC1=C(OC)C(=O)C(CCC(C)(O)CC/C=C(\C)CCC=C(C)C)=C(C)C1=O. The second-order valence-electron chi connectivity index (χ2n) is 8.23. The van der Waals surface area contributed by atoms with Crippen molar-refractivity contribution in [1.82, 2.24) is 0 Å². The van der Waals surface area contributed by atoms with Gasteiger partial charge in [-0.1, -0.05) is 23.3 Å². The van der Waals surface area contributed by atoms with Gasteiger partial charge in [0.25, 0.3) is 0 Å². The van der Waals surface area contributed by atoms with E-state index >= 15 is 0 Å². The van der Waals surface area contributed by atoms with Gasteiger partial charge in [-0.2, -0.15) is 0 Å². The maximum absolute atomic E-state index is 12.7. The molecule has 1 atom stereocenters. The summed E-state index contributed by atoms with van der Waals surface area (Å²) in [4.78, 5) is 25.1. The minimum absolute atomic E-state index is 0.0563. The van der Waals surface area contributed by atoms with Gasteiger partial charge in [-0.3, -0.25) is 9.59 Å². The molecule has 0 aromatic heterocycles. The highest BCUT2D eigenvalue weighted by Gasteiger charge is 2.35. The zero-order valence-electron chi connectivity index (χ0n) is 19.0. The van der Waals surface area contributed by atoms with Gasteiger partial charge >= 0.3 is 0 Å². The lowest BCUT2D eigenvalue weighted by Gasteiger charge is -2.25. The topological polar surface area (TPSA) is 72.8 Å².